The Morgan fingerprint density at radius 1 is 1.26 bits per heavy atom. The Kier molecular flexibility index (Phi) is 3.06. The summed E-state index contributed by atoms with van der Waals surface area (Å²) in [5.41, 5.74) is 0.775. The number of carbonyl (C=O) groups is 1. The van der Waals surface area contributed by atoms with Crippen LogP contribution in [0, 0.1) is 5.92 Å². The molecule has 0 bridgehead atoms. The highest BCUT2D eigenvalue weighted by Gasteiger charge is 2.46. The van der Waals surface area contributed by atoms with E-state index in [1.165, 1.54) is 0 Å². The van der Waals surface area contributed by atoms with Gasteiger partial charge in [-0.05, 0) is 30.7 Å². The van der Waals surface area contributed by atoms with Gasteiger partial charge >= 0.3 is 0 Å². The summed E-state index contributed by atoms with van der Waals surface area (Å²) in [5.74, 6) is 2.30. The third kappa shape index (κ3) is 2.38. The van der Waals surface area contributed by atoms with E-state index in [2.05, 4.69) is 10.2 Å². The number of likely N-dealkylation sites (tertiary alicyclic amines) is 1. The van der Waals surface area contributed by atoms with Gasteiger partial charge in [0.2, 0.25) is 11.8 Å². The summed E-state index contributed by atoms with van der Waals surface area (Å²) in [6.45, 7) is 1.40. The van der Waals surface area contributed by atoms with E-state index in [9.17, 15) is 4.79 Å². The Morgan fingerprint density at radius 2 is 2.13 bits per heavy atom. The fourth-order valence-electron chi connectivity index (χ4n) is 3.53. The molecular formula is C16H17N3O3S. The Bertz CT molecular complexity index is 711. The molecule has 6 nitrogen and oxygen atoms in total. The van der Waals surface area contributed by atoms with Crippen LogP contribution in [0.15, 0.2) is 21.2 Å². The lowest BCUT2D eigenvalue weighted by Crippen LogP contribution is -2.30. The maximum absolute atomic E-state index is 12.4. The van der Waals surface area contributed by atoms with Crippen LogP contribution >= 0.6 is 11.3 Å². The summed E-state index contributed by atoms with van der Waals surface area (Å²) < 4.78 is 11.9. The molecule has 3 aliphatic rings. The van der Waals surface area contributed by atoms with Crippen molar-refractivity contribution < 1.29 is 13.9 Å². The minimum absolute atomic E-state index is 0.0823. The number of thiophene rings is 1. The van der Waals surface area contributed by atoms with Crippen molar-refractivity contribution in [2.45, 2.75) is 37.4 Å². The first-order valence-corrected chi connectivity index (χ1v) is 9.02. The second kappa shape index (κ2) is 5.14. The molecular weight excluding hydrogens is 314 g/mol. The number of carbonyl (C=O) groups excluding carboxylic acids is 1. The summed E-state index contributed by atoms with van der Waals surface area (Å²) in [6.07, 6.45) is 3.13. The molecule has 2 saturated heterocycles. The lowest BCUT2D eigenvalue weighted by Gasteiger charge is -2.17. The molecule has 120 valence electrons. The van der Waals surface area contributed by atoms with Crippen molar-refractivity contribution >= 4 is 17.2 Å². The molecule has 23 heavy (non-hydrogen) atoms. The number of aromatic nitrogens is 2. The molecule has 1 saturated carbocycles. The summed E-state index contributed by atoms with van der Waals surface area (Å²) in [7, 11) is 0. The number of hydrogen-bond acceptors (Lipinski definition) is 6. The fourth-order valence-corrected chi connectivity index (χ4v) is 4.16. The molecule has 0 aromatic carbocycles. The van der Waals surface area contributed by atoms with E-state index >= 15 is 0 Å². The van der Waals surface area contributed by atoms with Crippen molar-refractivity contribution in [2.24, 2.45) is 5.92 Å². The van der Waals surface area contributed by atoms with Crippen molar-refractivity contribution in [1.29, 1.82) is 0 Å². The summed E-state index contributed by atoms with van der Waals surface area (Å²) in [4.78, 5) is 14.3. The van der Waals surface area contributed by atoms with Crippen molar-refractivity contribution in [2.75, 3.05) is 13.1 Å². The molecule has 3 atom stereocenters. The third-order valence-corrected chi connectivity index (χ3v) is 5.63. The zero-order valence-electron chi connectivity index (χ0n) is 12.6. The summed E-state index contributed by atoms with van der Waals surface area (Å²) in [5, 5.41) is 12.1. The average Bonchev–Trinajstić information content (AvgIpc) is 3.00. The second-order valence-corrected chi connectivity index (χ2v) is 7.41. The number of hydrogen-bond donors (Lipinski definition) is 0. The first-order chi connectivity index (χ1) is 11.3. The lowest BCUT2D eigenvalue weighted by molar-refractivity contribution is 0.0222. The average molecular weight is 331 g/mol. The zero-order valence-corrected chi connectivity index (χ0v) is 13.4. The molecule has 2 aromatic rings. The first kappa shape index (κ1) is 13.7. The van der Waals surface area contributed by atoms with Gasteiger partial charge < -0.3 is 14.1 Å². The van der Waals surface area contributed by atoms with Gasteiger partial charge in [0.05, 0.1) is 11.7 Å². The van der Waals surface area contributed by atoms with E-state index in [-0.39, 0.29) is 18.1 Å². The Labute approximate surface area is 137 Å². The number of amides is 1. The van der Waals surface area contributed by atoms with Crippen LogP contribution in [0.4, 0.5) is 0 Å². The van der Waals surface area contributed by atoms with Crippen molar-refractivity contribution in [1.82, 2.24) is 15.1 Å². The predicted octanol–water partition coefficient (Wildman–Crippen LogP) is 2.61. The Hall–Kier alpha value is -1.73. The smallest absolute Gasteiger partial charge is 0.254 e. The highest BCUT2D eigenvalue weighted by Crippen LogP contribution is 2.43. The largest absolute Gasteiger partial charge is 0.422 e. The molecule has 7 heteroatoms. The number of nitrogens with zero attached hydrogens (tertiary/aromatic N) is 3. The minimum atomic E-state index is -0.108. The van der Waals surface area contributed by atoms with Crippen LogP contribution in [0.5, 0.6) is 0 Å². The molecule has 0 radical (unpaired) electrons. The van der Waals surface area contributed by atoms with Gasteiger partial charge in [-0.1, -0.05) is 0 Å². The second-order valence-electron chi connectivity index (χ2n) is 6.63. The van der Waals surface area contributed by atoms with Gasteiger partial charge in [-0.2, -0.15) is 11.3 Å². The van der Waals surface area contributed by atoms with Gasteiger partial charge in [0.25, 0.3) is 5.91 Å². The third-order valence-electron chi connectivity index (χ3n) is 4.95. The van der Waals surface area contributed by atoms with Crippen molar-refractivity contribution in [3.8, 4) is 0 Å². The maximum atomic E-state index is 12.4. The van der Waals surface area contributed by atoms with Gasteiger partial charge in [-0.15, -0.1) is 10.2 Å². The molecule has 0 spiro atoms. The van der Waals surface area contributed by atoms with Crippen LogP contribution in [0.25, 0.3) is 0 Å². The molecule has 3 fully saturated rings. The standard InChI is InChI=1S/C16H17N3O3S/c20-16(10-3-4-23-8-10)19-6-11-5-12(21-13(11)7-19)15-18-17-14(22-15)9-1-2-9/h3-4,8-9,11-13H,1-2,5-7H2/t11-,12-,13+/m1/s1. The maximum Gasteiger partial charge on any atom is 0.254 e. The first-order valence-electron chi connectivity index (χ1n) is 8.08. The van der Waals surface area contributed by atoms with Crippen molar-refractivity contribution in [3.63, 3.8) is 0 Å². The molecule has 1 aliphatic carbocycles. The van der Waals surface area contributed by atoms with Crippen LogP contribution in [-0.2, 0) is 4.74 Å². The molecule has 1 amide bonds. The van der Waals surface area contributed by atoms with Crippen LogP contribution in [0.2, 0.25) is 0 Å². The molecule has 2 aromatic heterocycles. The molecule has 2 aliphatic heterocycles. The van der Waals surface area contributed by atoms with Gasteiger partial charge in [0.15, 0.2) is 0 Å². The highest BCUT2D eigenvalue weighted by molar-refractivity contribution is 7.08. The van der Waals surface area contributed by atoms with Gasteiger partial charge in [0, 0.05) is 30.3 Å². The lowest BCUT2D eigenvalue weighted by atomic mass is 10.0. The van der Waals surface area contributed by atoms with Crippen molar-refractivity contribution in [3.05, 3.63) is 34.2 Å². The fraction of sp³-hybridized carbons (Fsp3) is 0.562. The predicted molar refractivity (Wildman–Crippen MR) is 82.2 cm³/mol. The normalized spacial score (nSPS) is 29.9. The van der Waals surface area contributed by atoms with E-state index in [1.807, 2.05) is 21.7 Å². The molecule has 5 rings (SSSR count). The molecule has 0 N–H and O–H groups in total. The van der Waals surface area contributed by atoms with Crippen LogP contribution in [0.3, 0.4) is 0 Å². The van der Waals surface area contributed by atoms with E-state index in [4.69, 9.17) is 9.15 Å². The van der Waals surface area contributed by atoms with Crippen LogP contribution in [-0.4, -0.2) is 40.2 Å². The quantitative estimate of drug-likeness (QED) is 0.865. The van der Waals surface area contributed by atoms with E-state index < -0.39 is 0 Å². The van der Waals surface area contributed by atoms with Gasteiger partial charge in [-0.3, -0.25) is 4.79 Å². The minimum Gasteiger partial charge on any atom is -0.422 e. The molecule has 0 unspecified atom stereocenters. The summed E-state index contributed by atoms with van der Waals surface area (Å²) >= 11 is 1.55. The topological polar surface area (TPSA) is 68.5 Å². The Balaban J connectivity index is 1.25. The summed E-state index contributed by atoms with van der Waals surface area (Å²) in [6, 6.07) is 1.88. The van der Waals surface area contributed by atoms with E-state index in [1.54, 1.807) is 11.3 Å². The Morgan fingerprint density at radius 3 is 2.87 bits per heavy atom. The van der Waals surface area contributed by atoms with Gasteiger partial charge in [-0.25, -0.2) is 0 Å². The highest BCUT2D eigenvalue weighted by atomic mass is 32.1. The van der Waals surface area contributed by atoms with E-state index in [0.29, 0.717) is 24.3 Å². The number of ether oxygens (including phenoxy) is 1. The van der Waals surface area contributed by atoms with Crippen LogP contribution < -0.4 is 0 Å². The SMILES string of the molecule is O=C(c1ccsc1)N1C[C@H]2C[C@H](c3nnc(C4CC4)o3)O[C@H]2C1. The monoisotopic (exact) mass is 331 g/mol. The van der Waals surface area contributed by atoms with Crippen LogP contribution in [0.1, 0.15) is 53.4 Å². The number of fused-ring (bicyclic) bond motifs is 1. The van der Waals surface area contributed by atoms with Gasteiger partial charge in [0.1, 0.15) is 6.10 Å². The number of rotatable bonds is 3. The zero-order chi connectivity index (χ0) is 15.4. The van der Waals surface area contributed by atoms with E-state index in [0.717, 1.165) is 37.3 Å². The molecule has 4 heterocycles.